The predicted octanol–water partition coefficient (Wildman–Crippen LogP) is 2.81. The number of halogens is 1. The molecular weight excluding hydrogens is 299 g/mol. The number of thiophene rings is 1. The Balaban J connectivity index is 2.44. The van der Waals surface area contributed by atoms with Crippen LogP contribution in [-0.4, -0.2) is 17.8 Å². The van der Waals surface area contributed by atoms with E-state index in [1.165, 1.54) is 2.88 Å². The minimum atomic E-state index is -0.484. The van der Waals surface area contributed by atoms with Crippen LogP contribution in [0, 0.1) is 2.88 Å². The number of aliphatic hydroxyl groups is 1. The van der Waals surface area contributed by atoms with E-state index in [4.69, 9.17) is 4.74 Å². The molecule has 0 aliphatic heterocycles. The Kier molecular flexibility index (Phi) is 4.64. The summed E-state index contributed by atoms with van der Waals surface area (Å²) in [5, 5.41) is 11.6. The lowest BCUT2D eigenvalue weighted by molar-refractivity contribution is 0.00508. The van der Waals surface area contributed by atoms with Gasteiger partial charge < -0.3 is 9.84 Å². The molecule has 1 N–H and O–H groups in total. The number of aliphatic hydroxyl groups excluding tert-OH is 1. The van der Waals surface area contributed by atoms with Crippen LogP contribution in [0.4, 0.5) is 0 Å². The van der Waals surface area contributed by atoms with Gasteiger partial charge in [-0.05, 0) is 53.4 Å². The number of hydrogen-bond acceptors (Lipinski definition) is 3. The van der Waals surface area contributed by atoms with Crippen molar-refractivity contribution < 1.29 is 9.84 Å². The molecule has 1 atom stereocenters. The zero-order valence-corrected chi connectivity index (χ0v) is 10.6. The molecule has 0 saturated heterocycles. The molecule has 0 aliphatic rings. The lowest BCUT2D eigenvalue weighted by Gasteiger charge is -2.11. The summed E-state index contributed by atoms with van der Waals surface area (Å²) in [4.78, 5) is 0. The molecule has 1 aromatic heterocycles. The average molecular weight is 312 g/mol. The molecule has 0 fully saturated rings. The quantitative estimate of drug-likeness (QED) is 0.866. The monoisotopic (exact) mass is 312 g/mol. The van der Waals surface area contributed by atoms with Crippen molar-refractivity contribution in [2.45, 2.75) is 26.1 Å². The summed E-state index contributed by atoms with van der Waals surface area (Å²) in [6.07, 6.45) is -0.311. The molecule has 1 heterocycles. The number of ether oxygens (including phenoxy) is 1. The second-order valence-electron chi connectivity index (χ2n) is 3.08. The molecule has 1 unspecified atom stereocenters. The molecule has 13 heavy (non-hydrogen) atoms. The molecule has 0 aromatic carbocycles. The van der Waals surface area contributed by atoms with Crippen molar-refractivity contribution in [1.82, 2.24) is 0 Å². The van der Waals surface area contributed by atoms with E-state index in [1.54, 1.807) is 11.3 Å². The van der Waals surface area contributed by atoms with Crippen molar-refractivity contribution >= 4 is 33.9 Å². The second-order valence-corrected chi connectivity index (χ2v) is 5.89. The van der Waals surface area contributed by atoms with Gasteiger partial charge in [0.1, 0.15) is 6.10 Å². The number of hydrogen-bond donors (Lipinski definition) is 1. The third-order valence-electron chi connectivity index (χ3n) is 1.56. The first kappa shape index (κ1) is 11.4. The van der Waals surface area contributed by atoms with Crippen molar-refractivity contribution in [2.24, 2.45) is 0 Å². The van der Waals surface area contributed by atoms with E-state index in [2.05, 4.69) is 22.6 Å². The highest BCUT2D eigenvalue weighted by Gasteiger charge is 2.10. The molecule has 1 aromatic rings. The zero-order valence-electron chi connectivity index (χ0n) is 7.66. The summed E-state index contributed by atoms with van der Waals surface area (Å²) in [5.41, 5.74) is 0.954. The molecule has 0 bridgehead atoms. The molecule has 0 spiro atoms. The van der Waals surface area contributed by atoms with E-state index < -0.39 is 6.10 Å². The Morgan fingerprint density at radius 3 is 2.77 bits per heavy atom. The highest BCUT2D eigenvalue weighted by Crippen LogP contribution is 2.22. The third-order valence-corrected chi connectivity index (χ3v) is 3.37. The molecule has 74 valence electrons. The summed E-state index contributed by atoms with van der Waals surface area (Å²) in [5.74, 6) is 0. The second kappa shape index (κ2) is 5.29. The standard InChI is InChI=1S/C9H13IO2S/c1-6(2)12-4-8(11)7-3-9(10)13-5-7/h3,5-6,8,11H,4H2,1-2H3. The summed E-state index contributed by atoms with van der Waals surface area (Å²) in [7, 11) is 0. The minimum Gasteiger partial charge on any atom is -0.386 e. The number of rotatable bonds is 4. The van der Waals surface area contributed by atoms with Crippen molar-refractivity contribution in [3.8, 4) is 0 Å². The van der Waals surface area contributed by atoms with Gasteiger partial charge in [-0.2, -0.15) is 0 Å². The highest BCUT2D eigenvalue weighted by atomic mass is 127. The van der Waals surface area contributed by atoms with Gasteiger partial charge >= 0.3 is 0 Å². The fourth-order valence-corrected chi connectivity index (χ4v) is 2.30. The molecule has 4 heteroatoms. The summed E-state index contributed by atoms with van der Waals surface area (Å²) in [6.45, 7) is 4.30. The summed E-state index contributed by atoms with van der Waals surface area (Å²) in [6, 6.07) is 1.99. The van der Waals surface area contributed by atoms with Gasteiger partial charge in [0, 0.05) is 0 Å². The van der Waals surface area contributed by atoms with Gasteiger partial charge in [0.25, 0.3) is 0 Å². The molecular formula is C9H13IO2S. The molecule has 0 saturated carbocycles. The van der Waals surface area contributed by atoms with Crippen LogP contribution >= 0.6 is 33.9 Å². The van der Waals surface area contributed by atoms with Gasteiger partial charge in [-0.15, -0.1) is 11.3 Å². The van der Waals surface area contributed by atoms with Crippen LogP contribution in [0.2, 0.25) is 0 Å². The van der Waals surface area contributed by atoms with E-state index >= 15 is 0 Å². The van der Waals surface area contributed by atoms with E-state index in [0.717, 1.165) is 5.56 Å². The maximum atomic E-state index is 9.66. The lowest BCUT2D eigenvalue weighted by atomic mass is 10.2. The van der Waals surface area contributed by atoms with Gasteiger partial charge in [-0.25, -0.2) is 0 Å². The van der Waals surface area contributed by atoms with E-state index in [-0.39, 0.29) is 6.10 Å². The maximum Gasteiger partial charge on any atom is 0.103 e. The Hall–Kier alpha value is 0.350. The van der Waals surface area contributed by atoms with E-state index in [0.29, 0.717) is 6.61 Å². The molecule has 0 aliphatic carbocycles. The average Bonchev–Trinajstić information content (AvgIpc) is 2.47. The van der Waals surface area contributed by atoms with Gasteiger partial charge in [0.15, 0.2) is 0 Å². The first-order valence-electron chi connectivity index (χ1n) is 4.13. The first-order valence-corrected chi connectivity index (χ1v) is 6.09. The molecule has 2 nitrogen and oxygen atoms in total. The third kappa shape index (κ3) is 3.93. The summed E-state index contributed by atoms with van der Waals surface area (Å²) >= 11 is 3.88. The van der Waals surface area contributed by atoms with Gasteiger partial charge in [-0.3, -0.25) is 0 Å². The topological polar surface area (TPSA) is 29.5 Å². The van der Waals surface area contributed by atoms with Crippen molar-refractivity contribution in [3.63, 3.8) is 0 Å². The van der Waals surface area contributed by atoms with Gasteiger partial charge in [0.2, 0.25) is 0 Å². The lowest BCUT2D eigenvalue weighted by Crippen LogP contribution is -2.11. The SMILES string of the molecule is CC(C)OCC(O)c1csc(I)c1. The fraction of sp³-hybridized carbons (Fsp3) is 0.556. The van der Waals surface area contributed by atoms with Crippen molar-refractivity contribution in [3.05, 3.63) is 19.9 Å². The van der Waals surface area contributed by atoms with Crippen LogP contribution in [0.1, 0.15) is 25.5 Å². The smallest absolute Gasteiger partial charge is 0.103 e. The predicted molar refractivity (Wildman–Crippen MR) is 63.1 cm³/mol. The van der Waals surface area contributed by atoms with Crippen molar-refractivity contribution in [2.75, 3.05) is 6.61 Å². The van der Waals surface area contributed by atoms with Crippen LogP contribution in [-0.2, 0) is 4.74 Å². The van der Waals surface area contributed by atoms with Crippen LogP contribution in [0.25, 0.3) is 0 Å². The molecule has 0 amide bonds. The van der Waals surface area contributed by atoms with Crippen molar-refractivity contribution in [1.29, 1.82) is 0 Å². The largest absolute Gasteiger partial charge is 0.386 e. The normalized spacial score (nSPS) is 13.6. The Morgan fingerprint density at radius 2 is 2.31 bits per heavy atom. The Bertz CT molecular complexity index is 260. The fourth-order valence-electron chi connectivity index (χ4n) is 0.878. The van der Waals surface area contributed by atoms with Crippen LogP contribution < -0.4 is 0 Å². The highest BCUT2D eigenvalue weighted by molar-refractivity contribution is 14.1. The minimum absolute atomic E-state index is 0.173. The molecule has 0 radical (unpaired) electrons. The van der Waals surface area contributed by atoms with Gasteiger partial charge in [-0.1, -0.05) is 0 Å². The Morgan fingerprint density at radius 1 is 1.62 bits per heavy atom. The first-order chi connectivity index (χ1) is 6.09. The Labute approximate surface area is 96.1 Å². The maximum absolute atomic E-state index is 9.66. The van der Waals surface area contributed by atoms with E-state index in [1.807, 2.05) is 25.3 Å². The van der Waals surface area contributed by atoms with Gasteiger partial charge in [0.05, 0.1) is 15.6 Å². The van der Waals surface area contributed by atoms with E-state index in [9.17, 15) is 5.11 Å². The summed E-state index contributed by atoms with van der Waals surface area (Å²) < 4.78 is 6.51. The zero-order chi connectivity index (χ0) is 9.84. The van der Waals surface area contributed by atoms with Crippen LogP contribution in [0.3, 0.4) is 0 Å². The molecule has 1 rings (SSSR count). The van der Waals surface area contributed by atoms with Crippen LogP contribution in [0.5, 0.6) is 0 Å². The van der Waals surface area contributed by atoms with Crippen LogP contribution in [0.15, 0.2) is 11.4 Å².